The summed E-state index contributed by atoms with van der Waals surface area (Å²) in [5, 5.41) is 12.1. The van der Waals surface area contributed by atoms with E-state index in [1.54, 1.807) is 6.07 Å². The number of aryl methyl sites for hydroxylation is 1. The first-order chi connectivity index (χ1) is 8.40. The molecule has 1 atom stereocenters. The van der Waals surface area contributed by atoms with Crippen molar-refractivity contribution >= 4 is 5.97 Å². The molecule has 0 radical (unpaired) electrons. The van der Waals surface area contributed by atoms with Gasteiger partial charge in [-0.3, -0.25) is 4.98 Å². The first-order valence-electron chi connectivity index (χ1n) is 5.99. The lowest BCUT2D eigenvalue weighted by molar-refractivity contribution is -0.144. The third kappa shape index (κ3) is 4.33. The summed E-state index contributed by atoms with van der Waals surface area (Å²) in [4.78, 5) is 15.2. The predicted molar refractivity (Wildman–Crippen MR) is 68.7 cm³/mol. The molecular weight excluding hydrogens is 232 g/mol. The highest BCUT2D eigenvalue weighted by atomic mass is 16.5. The molecule has 1 unspecified atom stereocenters. The van der Waals surface area contributed by atoms with Crippen molar-refractivity contribution in [1.29, 1.82) is 0 Å². The van der Waals surface area contributed by atoms with Crippen LogP contribution in [0.5, 0.6) is 5.75 Å². The Hall–Kier alpha value is -1.62. The molecule has 0 aliphatic rings. The van der Waals surface area contributed by atoms with Gasteiger partial charge in [-0.2, -0.15) is 0 Å². The van der Waals surface area contributed by atoms with Crippen molar-refractivity contribution < 1.29 is 14.6 Å². The smallest absolute Gasteiger partial charge is 0.344 e. The Morgan fingerprint density at radius 3 is 2.67 bits per heavy atom. The molecule has 1 aromatic heterocycles. The number of carboxylic acid groups (broad SMARTS) is 1. The van der Waals surface area contributed by atoms with Crippen LogP contribution in [0.1, 0.15) is 32.2 Å². The standard InChI is InChI=1S/C13H20N2O3/c1-8(2)14-7-11-12(6-5-9(3)15-11)18-10(4)13(16)17/h5-6,8,10,14H,7H2,1-4H3,(H,16,17). The molecule has 18 heavy (non-hydrogen) atoms. The minimum atomic E-state index is -0.988. The normalized spacial score (nSPS) is 12.5. The first kappa shape index (κ1) is 14.4. The van der Waals surface area contributed by atoms with E-state index in [0.717, 1.165) is 11.4 Å². The third-order valence-corrected chi connectivity index (χ3v) is 2.40. The van der Waals surface area contributed by atoms with E-state index in [0.29, 0.717) is 18.3 Å². The predicted octanol–water partition coefficient (Wildman–Crippen LogP) is 1.74. The summed E-state index contributed by atoms with van der Waals surface area (Å²) >= 11 is 0. The Kier molecular flexibility index (Phi) is 5.09. The fraction of sp³-hybridized carbons (Fsp3) is 0.538. The molecule has 100 valence electrons. The van der Waals surface area contributed by atoms with Gasteiger partial charge < -0.3 is 15.2 Å². The Balaban J connectivity index is 2.85. The molecule has 0 fully saturated rings. The molecule has 5 nitrogen and oxygen atoms in total. The summed E-state index contributed by atoms with van der Waals surface area (Å²) in [7, 11) is 0. The topological polar surface area (TPSA) is 71.5 Å². The maximum atomic E-state index is 10.8. The van der Waals surface area contributed by atoms with Gasteiger partial charge in [-0.25, -0.2) is 4.79 Å². The average Bonchev–Trinajstić information content (AvgIpc) is 2.29. The number of hydrogen-bond acceptors (Lipinski definition) is 4. The van der Waals surface area contributed by atoms with E-state index in [1.807, 2.05) is 26.8 Å². The summed E-state index contributed by atoms with van der Waals surface area (Å²) in [5.74, 6) is -0.470. The third-order valence-electron chi connectivity index (χ3n) is 2.40. The Labute approximate surface area is 107 Å². The molecule has 0 saturated heterocycles. The van der Waals surface area contributed by atoms with Crippen LogP contribution in [0.3, 0.4) is 0 Å². The number of rotatable bonds is 6. The summed E-state index contributed by atoms with van der Waals surface area (Å²) in [6.07, 6.45) is -0.882. The van der Waals surface area contributed by atoms with Crippen LogP contribution in [0.4, 0.5) is 0 Å². The van der Waals surface area contributed by atoms with Crippen molar-refractivity contribution in [1.82, 2.24) is 10.3 Å². The minimum absolute atomic E-state index is 0.331. The molecule has 0 saturated carbocycles. The van der Waals surface area contributed by atoms with Crippen LogP contribution < -0.4 is 10.1 Å². The van der Waals surface area contributed by atoms with Crippen molar-refractivity contribution in [3.63, 3.8) is 0 Å². The molecule has 0 aliphatic heterocycles. The van der Waals surface area contributed by atoms with Gasteiger partial charge in [-0.1, -0.05) is 13.8 Å². The van der Waals surface area contributed by atoms with Crippen LogP contribution in [0.2, 0.25) is 0 Å². The van der Waals surface area contributed by atoms with Gasteiger partial charge in [0.2, 0.25) is 0 Å². The lowest BCUT2D eigenvalue weighted by atomic mass is 10.2. The van der Waals surface area contributed by atoms with E-state index in [4.69, 9.17) is 9.84 Å². The summed E-state index contributed by atoms with van der Waals surface area (Å²) in [6.45, 7) is 8.03. The molecular formula is C13H20N2O3. The maximum absolute atomic E-state index is 10.8. The van der Waals surface area contributed by atoms with Crippen LogP contribution in [0, 0.1) is 6.92 Å². The summed E-state index contributed by atoms with van der Waals surface area (Å²) in [5.41, 5.74) is 1.61. The second kappa shape index (κ2) is 6.35. The van der Waals surface area contributed by atoms with Gasteiger partial charge in [0.25, 0.3) is 0 Å². The molecule has 1 aromatic rings. The zero-order chi connectivity index (χ0) is 13.7. The molecule has 0 bridgehead atoms. The maximum Gasteiger partial charge on any atom is 0.344 e. The van der Waals surface area contributed by atoms with Crippen LogP contribution >= 0.6 is 0 Å². The fourth-order valence-corrected chi connectivity index (χ4v) is 1.37. The molecule has 5 heteroatoms. The van der Waals surface area contributed by atoms with Crippen LogP contribution in [0.15, 0.2) is 12.1 Å². The lowest BCUT2D eigenvalue weighted by Crippen LogP contribution is -2.26. The van der Waals surface area contributed by atoms with Gasteiger partial charge in [0.1, 0.15) is 5.75 Å². The SMILES string of the molecule is Cc1ccc(OC(C)C(=O)O)c(CNC(C)C)n1. The van der Waals surface area contributed by atoms with Gasteiger partial charge in [0.05, 0.1) is 5.69 Å². The van der Waals surface area contributed by atoms with E-state index >= 15 is 0 Å². The number of hydrogen-bond donors (Lipinski definition) is 2. The first-order valence-corrected chi connectivity index (χ1v) is 5.99. The van der Waals surface area contributed by atoms with Gasteiger partial charge in [-0.15, -0.1) is 0 Å². The van der Waals surface area contributed by atoms with Crippen molar-refractivity contribution in [3.8, 4) is 5.75 Å². The van der Waals surface area contributed by atoms with Gasteiger partial charge in [-0.05, 0) is 26.0 Å². The van der Waals surface area contributed by atoms with Crippen molar-refractivity contribution in [2.24, 2.45) is 0 Å². The van der Waals surface area contributed by atoms with Gasteiger partial charge >= 0.3 is 5.97 Å². The fourth-order valence-electron chi connectivity index (χ4n) is 1.37. The van der Waals surface area contributed by atoms with E-state index in [-0.39, 0.29) is 0 Å². The summed E-state index contributed by atoms with van der Waals surface area (Å²) in [6, 6.07) is 3.90. The number of carbonyl (C=O) groups is 1. The van der Waals surface area contributed by atoms with Crippen molar-refractivity contribution in [2.45, 2.75) is 46.4 Å². The molecule has 0 amide bonds. The molecule has 0 aromatic carbocycles. The van der Waals surface area contributed by atoms with E-state index in [2.05, 4.69) is 10.3 Å². The highest BCUT2D eigenvalue weighted by Crippen LogP contribution is 2.18. The van der Waals surface area contributed by atoms with E-state index in [1.165, 1.54) is 6.92 Å². The van der Waals surface area contributed by atoms with Crippen LogP contribution in [-0.4, -0.2) is 28.2 Å². The number of pyridine rings is 1. The van der Waals surface area contributed by atoms with Gasteiger partial charge in [0, 0.05) is 18.3 Å². The number of carboxylic acids is 1. The number of ether oxygens (including phenoxy) is 1. The molecule has 1 heterocycles. The zero-order valence-corrected chi connectivity index (χ0v) is 11.2. The Morgan fingerprint density at radius 2 is 2.11 bits per heavy atom. The number of aliphatic carboxylic acids is 1. The molecule has 0 aliphatic carbocycles. The largest absolute Gasteiger partial charge is 0.479 e. The lowest BCUT2D eigenvalue weighted by Gasteiger charge is -2.15. The molecule has 2 N–H and O–H groups in total. The number of nitrogens with zero attached hydrogens (tertiary/aromatic N) is 1. The highest BCUT2D eigenvalue weighted by Gasteiger charge is 2.15. The van der Waals surface area contributed by atoms with Crippen LogP contribution in [0.25, 0.3) is 0 Å². The Bertz CT molecular complexity index is 419. The number of nitrogens with one attached hydrogen (secondary N) is 1. The monoisotopic (exact) mass is 252 g/mol. The van der Waals surface area contributed by atoms with Gasteiger partial charge in [0.15, 0.2) is 6.10 Å². The quantitative estimate of drug-likeness (QED) is 0.807. The number of aromatic nitrogens is 1. The average molecular weight is 252 g/mol. The minimum Gasteiger partial charge on any atom is -0.479 e. The summed E-state index contributed by atoms with van der Waals surface area (Å²) < 4.78 is 5.39. The molecule has 0 spiro atoms. The van der Waals surface area contributed by atoms with Crippen LogP contribution in [-0.2, 0) is 11.3 Å². The second-order valence-electron chi connectivity index (χ2n) is 4.53. The van der Waals surface area contributed by atoms with Crippen molar-refractivity contribution in [3.05, 3.63) is 23.5 Å². The van der Waals surface area contributed by atoms with Crippen molar-refractivity contribution in [2.75, 3.05) is 0 Å². The highest BCUT2D eigenvalue weighted by molar-refractivity contribution is 5.72. The van der Waals surface area contributed by atoms with E-state index < -0.39 is 12.1 Å². The second-order valence-corrected chi connectivity index (χ2v) is 4.53. The van der Waals surface area contributed by atoms with E-state index in [9.17, 15) is 4.79 Å². The Morgan fingerprint density at radius 1 is 1.44 bits per heavy atom. The molecule has 1 rings (SSSR count). The zero-order valence-electron chi connectivity index (χ0n) is 11.2.